The lowest BCUT2D eigenvalue weighted by Crippen LogP contribution is -2.36. The van der Waals surface area contributed by atoms with Crippen molar-refractivity contribution in [2.45, 2.75) is 43.9 Å². The first-order chi connectivity index (χ1) is 15.3. The Morgan fingerprint density at radius 3 is 2.41 bits per heavy atom. The Balaban J connectivity index is 1.37. The van der Waals surface area contributed by atoms with Gasteiger partial charge in [0.1, 0.15) is 5.82 Å². The first-order valence-electron chi connectivity index (χ1n) is 10.7. The van der Waals surface area contributed by atoms with E-state index in [0.29, 0.717) is 5.56 Å². The average Bonchev–Trinajstić information content (AvgIpc) is 2.78. The number of sulfonamides is 1. The molecule has 0 radical (unpaired) electrons. The van der Waals surface area contributed by atoms with Gasteiger partial charge in [0, 0.05) is 31.6 Å². The summed E-state index contributed by atoms with van der Waals surface area (Å²) in [6.07, 6.45) is 4.02. The first kappa shape index (κ1) is 23.9. The quantitative estimate of drug-likeness (QED) is 0.498. The van der Waals surface area contributed by atoms with Gasteiger partial charge in [0.25, 0.3) is 5.91 Å². The molecule has 2 aromatic carbocycles. The minimum atomic E-state index is -3.68. The van der Waals surface area contributed by atoms with Crippen molar-refractivity contribution < 1.29 is 22.4 Å². The van der Waals surface area contributed by atoms with Crippen LogP contribution in [0.4, 0.5) is 4.39 Å². The SMILES string of the molecule is Cc1ccc(C(=O)NCCNC(=O)CCNS(=O)(=O)c2ccc3c(c2)CCCC3)cc1F. The number of hydrogen-bond acceptors (Lipinski definition) is 4. The summed E-state index contributed by atoms with van der Waals surface area (Å²) in [5, 5.41) is 5.21. The predicted molar refractivity (Wildman–Crippen MR) is 119 cm³/mol. The van der Waals surface area contributed by atoms with Crippen LogP contribution in [0.5, 0.6) is 0 Å². The summed E-state index contributed by atoms with van der Waals surface area (Å²) >= 11 is 0. The van der Waals surface area contributed by atoms with Gasteiger partial charge in [-0.15, -0.1) is 0 Å². The number of rotatable bonds is 9. The number of nitrogens with one attached hydrogen (secondary N) is 3. The van der Waals surface area contributed by atoms with Gasteiger partial charge in [-0.2, -0.15) is 0 Å². The molecule has 0 aromatic heterocycles. The third-order valence-corrected chi connectivity index (χ3v) is 6.90. The molecule has 0 fully saturated rings. The molecule has 1 aliphatic rings. The fourth-order valence-corrected chi connectivity index (χ4v) is 4.64. The molecule has 0 heterocycles. The van der Waals surface area contributed by atoms with E-state index in [1.807, 2.05) is 6.07 Å². The Kier molecular flexibility index (Phi) is 7.98. The molecule has 2 aromatic rings. The molecule has 3 rings (SSSR count). The molecule has 0 saturated carbocycles. The molecular formula is C23H28FN3O4S. The molecule has 0 bridgehead atoms. The second kappa shape index (κ2) is 10.7. The number of halogens is 1. The number of amides is 2. The third-order valence-electron chi connectivity index (χ3n) is 5.44. The van der Waals surface area contributed by atoms with Crippen LogP contribution in [0.3, 0.4) is 0 Å². The van der Waals surface area contributed by atoms with E-state index in [0.717, 1.165) is 37.3 Å². The average molecular weight is 462 g/mol. The monoisotopic (exact) mass is 461 g/mol. The van der Waals surface area contributed by atoms with Crippen LogP contribution in [0.2, 0.25) is 0 Å². The number of aryl methyl sites for hydroxylation is 3. The van der Waals surface area contributed by atoms with Crippen molar-refractivity contribution in [3.63, 3.8) is 0 Å². The highest BCUT2D eigenvalue weighted by atomic mass is 32.2. The van der Waals surface area contributed by atoms with Crippen LogP contribution >= 0.6 is 0 Å². The van der Waals surface area contributed by atoms with E-state index in [9.17, 15) is 22.4 Å². The molecule has 1 aliphatic carbocycles. The van der Waals surface area contributed by atoms with Crippen LogP contribution in [0.1, 0.15) is 46.3 Å². The van der Waals surface area contributed by atoms with Gasteiger partial charge in [-0.25, -0.2) is 17.5 Å². The summed E-state index contributed by atoms with van der Waals surface area (Å²) < 4.78 is 41.0. The molecule has 0 aliphatic heterocycles. The molecule has 9 heteroatoms. The normalized spacial score (nSPS) is 13.3. The highest BCUT2D eigenvalue weighted by Gasteiger charge is 2.18. The molecule has 172 valence electrons. The second-order valence-corrected chi connectivity index (χ2v) is 9.62. The van der Waals surface area contributed by atoms with E-state index in [-0.39, 0.29) is 42.4 Å². The van der Waals surface area contributed by atoms with E-state index in [1.54, 1.807) is 19.1 Å². The molecule has 0 saturated heterocycles. The highest BCUT2D eigenvalue weighted by Crippen LogP contribution is 2.24. The molecule has 7 nitrogen and oxygen atoms in total. The lowest BCUT2D eigenvalue weighted by atomic mass is 9.92. The molecule has 0 unspecified atom stereocenters. The van der Waals surface area contributed by atoms with Gasteiger partial charge >= 0.3 is 0 Å². The summed E-state index contributed by atoms with van der Waals surface area (Å²) in [6.45, 7) is 1.93. The van der Waals surface area contributed by atoms with E-state index in [4.69, 9.17) is 0 Å². The first-order valence-corrected chi connectivity index (χ1v) is 12.2. The van der Waals surface area contributed by atoms with Gasteiger partial charge in [-0.05, 0) is 73.6 Å². The lowest BCUT2D eigenvalue weighted by Gasteiger charge is -2.16. The number of benzene rings is 2. The maximum absolute atomic E-state index is 13.5. The fourth-order valence-electron chi connectivity index (χ4n) is 3.56. The van der Waals surface area contributed by atoms with Crippen molar-refractivity contribution in [3.8, 4) is 0 Å². The van der Waals surface area contributed by atoms with Crippen LogP contribution in [0.15, 0.2) is 41.3 Å². The Labute approximate surface area is 187 Å². The standard InChI is InChI=1S/C23H28FN3O4S/c1-16-6-7-19(15-21(16)24)23(29)26-13-12-25-22(28)10-11-27-32(30,31)20-9-8-17-4-2-3-5-18(17)14-20/h6-9,14-15,27H,2-5,10-13H2,1H3,(H,25,28)(H,26,29). The zero-order valence-electron chi connectivity index (χ0n) is 18.0. The Morgan fingerprint density at radius 2 is 1.66 bits per heavy atom. The van der Waals surface area contributed by atoms with Crippen LogP contribution in [0.25, 0.3) is 0 Å². The van der Waals surface area contributed by atoms with Gasteiger partial charge in [-0.1, -0.05) is 12.1 Å². The van der Waals surface area contributed by atoms with Crippen molar-refractivity contribution in [1.82, 2.24) is 15.4 Å². The highest BCUT2D eigenvalue weighted by molar-refractivity contribution is 7.89. The van der Waals surface area contributed by atoms with Gasteiger partial charge in [0.2, 0.25) is 15.9 Å². The predicted octanol–water partition coefficient (Wildman–Crippen LogP) is 2.23. The molecule has 2 amide bonds. The van der Waals surface area contributed by atoms with Gasteiger partial charge in [-0.3, -0.25) is 9.59 Å². The van der Waals surface area contributed by atoms with Gasteiger partial charge in [0.05, 0.1) is 4.90 Å². The molecule has 0 atom stereocenters. The van der Waals surface area contributed by atoms with Crippen molar-refractivity contribution in [1.29, 1.82) is 0 Å². The van der Waals surface area contributed by atoms with Crippen LogP contribution in [-0.4, -0.2) is 39.9 Å². The number of carbonyl (C=O) groups is 2. The van der Waals surface area contributed by atoms with Crippen LogP contribution in [0, 0.1) is 12.7 Å². The van der Waals surface area contributed by atoms with Crippen molar-refractivity contribution in [2.75, 3.05) is 19.6 Å². The Hall–Kier alpha value is -2.78. The second-order valence-electron chi connectivity index (χ2n) is 7.86. The largest absolute Gasteiger partial charge is 0.354 e. The smallest absolute Gasteiger partial charge is 0.251 e. The van der Waals surface area contributed by atoms with Gasteiger partial charge < -0.3 is 10.6 Å². The summed E-state index contributed by atoms with van der Waals surface area (Å²) in [5.74, 6) is -1.23. The topological polar surface area (TPSA) is 104 Å². The summed E-state index contributed by atoms with van der Waals surface area (Å²) in [6, 6.07) is 9.42. The maximum atomic E-state index is 13.5. The van der Waals surface area contributed by atoms with Gasteiger partial charge in [0.15, 0.2) is 0 Å². The molecule has 32 heavy (non-hydrogen) atoms. The van der Waals surface area contributed by atoms with E-state index in [1.165, 1.54) is 17.7 Å². The minimum absolute atomic E-state index is 0.0265. The van der Waals surface area contributed by atoms with Crippen molar-refractivity contribution in [2.24, 2.45) is 0 Å². The number of fused-ring (bicyclic) bond motifs is 1. The van der Waals surface area contributed by atoms with E-state index in [2.05, 4.69) is 15.4 Å². The number of hydrogen-bond donors (Lipinski definition) is 3. The van der Waals surface area contributed by atoms with E-state index >= 15 is 0 Å². The molecular weight excluding hydrogens is 433 g/mol. The lowest BCUT2D eigenvalue weighted by molar-refractivity contribution is -0.120. The Bertz CT molecular complexity index is 1100. The maximum Gasteiger partial charge on any atom is 0.251 e. The number of carbonyl (C=O) groups excluding carboxylic acids is 2. The Morgan fingerprint density at radius 1 is 0.938 bits per heavy atom. The zero-order valence-corrected chi connectivity index (χ0v) is 18.9. The molecule has 0 spiro atoms. The zero-order chi connectivity index (χ0) is 23.1. The van der Waals surface area contributed by atoms with Crippen molar-refractivity contribution >= 4 is 21.8 Å². The summed E-state index contributed by atoms with van der Waals surface area (Å²) in [4.78, 5) is 24.2. The summed E-state index contributed by atoms with van der Waals surface area (Å²) in [5.41, 5.74) is 2.94. The fraction of sp³-hybridized carbons (Fsp3) is 0.391. The molecule has 3 N–H and O–H groups in total. The van der Waals surface area contributed by atoms with Crippen molar-refractivity contribution in [3.05, 3.63) is 64.5 Å². The van der Waals surface area contributed by atoms with Crippen LogP contribution < -0.4 is 15.4 Å². The third kappa shape index (κ3) is 6.37. The van der Waals surface area contributed by atoms with E-state index < -0.39 is 21.7 Å². The summed E-state index contributed by atoms with van der Waals surface area (Å²) in [7, 11) is -3.68. The van der Waals surface area contributed by atoms with Crippen LogP contribution in [-0.2, 0) is 27.7 Å². The minimum Gasteiger partial charge on any atom is -0.354 e.